The zero-order chi connectivity index (χ0) is 13.8. The first-order chi connectivity index (χ1) is 9.10. The monoisotopic (exact) mass is 343 g/mol. The van der Waals surface area contributed by atoms with Gasteiger partial charge in [-0.05, 0) is 31.0 Å². The van der Waals surface area contributed by atoms with Crippen LogP contribution in [0.1, 0.15) is 18.9 Å². The Kier molecular flexibility index (Phi) is 5.16. The lowest BCUT2D eigenvalue weighted by Gasteiger charge is -2.19. The lowest BCUT2D eigenvalue weighted by molar-refractivity contribution is 0.122. The highest BCUT2D eigenvalue weighted by atomic mass is 79.9. The highest BCUT2D eigenvalue weighted by Crippen LogP contribution is 2.30. The number of carbonyl (C=O) groups is 1. The van der Waals surface area contributed by atoms with E-state index < -0.39 is 0 Å². The molecule has 1 fully saturated rings. The quantitative estimate of drug-likeness (QED) is 0.833. The third-order valence-electron chi connectivity index (χ3n) is 3.34. The van der Waals surface area contributed by atoms with Gasteiger partial charge >= 0.3 is 6.09 Å². The Bertz CT molecular complexity index is 438. The summed E-state index contributed by atoms with van der Waals surface area (Å²) in [7, 11) is 1.44. The lowest BCUT2D eigenvalue weighted by atomic mass is 10.2. The van der Waals surface area contributed by atoms with E-state index in [0.29, 0.717) is 5.25 Å². The molecule has 0 spiro atoms. The first kappa shape index (κ1) is 14.7. The second-order valence-electron chi connectivity index (χ2n) is 4.77. The summed E-state index contributed by atoms with van der Waals surface area (Å²) in [5, 5.41) is 0.498. The van der Waals surface area contributed by atoms with E-state index in [9.17, 15) is 4.79 Å². The summed E-state index contributed by atoms with van der Waals surface area (Å²) in [4.78, 5) is 13.4. The Hall–Kier alpha value is -0.680. The van der Waals surface area contributed by atoms with Crippen molar-refractivity contribution in [3.63, 3.8) is 0 Å². The molecule has 1 aliphatic heterocycles. The van der Waals surface area contributed by atoms with Gasteiger partial charge in [-0.1, -0.05) is 28.1 Å². The van der Waals surface area contributed by atoms with Crippen molar-refractivity contribution in [1.82, 2.24) is 4.90 Å². The third-order valence-corrected chi connectivity index (χ3v) is 5.19. The minimum Gasteiger partial charge on any atom is -0.453 e. The molecule has 0 unspecified atom stereocenters. The average Bonchev–Trinajstić information content (AvgIpc) is 2.78. The molecule has 0 saturated carbocycles. The van der Waals surface area contributed by atoms with Crippen LogP contribution in [0.4, 0.5) is 4.79 Å². The van der Waals surface area contributed by atoms with Gasteiger partial charge in [0, 0.05) is 28.1 Å². The number of methoxy groups -OCH3 is 1. The van der Waals surface area contributed by atoms with Gasteiger partial charge in [0.2, 0.25) is 0 Å². The Morgan fingerprint density at radius 3 is 2.79 bits per heavy atom. The van der Waals surface area contributed by atoms with Crippen molar-refractivity contribution in [1.29, 1.82) is 0 Å². The van der Waals surface area contributed by atoms with Crippen molar-refractivity contribution >= 4 is 33.8 Å². The number of thioether (sulfide) groups is 1. The maximum atomic E-state index is 11.6. The van der Waals surface area contributed by atoms with Gasteiger partial charge in [-0.2, -0.15) is 11.8 Å². The number of rotatable bonds is 3. The number of hydrogen-bond acceptors (Lipinski definition) is 3. The standard InChI is InChI=1S/C14H18BrNO2S/c1-10-7-13(8-16(10)14(17)18-2)19-9-11-3-5-12(15)6-4-11/h3-6,10,13H,7-9H2,1-2H3/t10-,13+/m1/s1. The molecular weight excluding hydrogens is 326 g/mol. The molecule has 0 N–H and O–H groups in total. The molecule has 1 aromatic rings. The summed E-state index contributed by atoms with van der Waals surface area (Å²) >= 11 is 5.35. The topological polar surface area (TPSA) is 29.5 Å². The minimum atomic E-state index is -0.209. The summed E-state index contributed by atoms with van der Waals surface area (Å²) < 4.78 is 5.91. The number of amides is 1. The zero-order valence-corrected chi connectivity index (χ0v) is 13.5. The van der Waals surface area contributed by atoms with Crippen LogP contribution in [0.3, 0.4) is 0 Å². The number of halogens is 1. The van der Waals surface area contributed by atoms with Crippen LogP contribution in [0.25, 0.3) is 0 Å². The van der Waals surface area contributed by atoms with Gasteiger partial charge in [-0.3, -0.25) is 0 Å². The Morgan fingerprint density at radius 2 is 2.16 bits per heavy atom. The molecule has 1 aliphatic rings. The SMILES string of the molecule is COC(=O)N1C[C@@H](SCc2ccc(Br)cc2)C[C@H]1C. The van der Waals surface area contributed by atoms with E-state index in [1.54, 1.807) is 0 Å². The molecule has 5 heteroatoms. The van der Waals surface area contributed by atoms with Crippen molar-refractivity contribution in [2.75, 3.05) is 13.7 Å². The van der Waals surface area contributed by atoms with Crippen molar-refractivity contribution in [3.8, 4) is 0 Å². The van der Waals surface area contributed by atoms with Crippen LogP contribution in [-0.2, 0) is 10.5 Å². The van der Waals surface area contributed by atoms with Crippen LogP contribution in [-0.4, -0.2) is 35.9 Å². The van der Waals surface area contributed by atoms with E-state index in [2.05, 4.69) is 47.1 Å². The number of likely N-dealkylation sites (tertiary alicyclic amines) is 1. The van der Waals surface area contributed by atoms with Crippen LogP contribution in [0, 0.1) is 0 Å². The van der Waals surface area contributed by atoms with E-state index in [0.717, 1.165) is 23.2 Å². The lowest BCUT2D eigenvalue weighted by Crippen LogP contribution is -2.33. The Labute approximate surface area is 126 Å². The molecule has 1 aromatic carbocycles. The number of hydrogen-bond donors (Lipinski definition) is 0. The highest BCUT2D eigenvalue weighted by Gasteiger charge is 2.33. The number of carbonyl (C=O) groups excluding carboxylic acids is 1. The van der Waals surface area contributed by atoms with Crippen LogP contribution in [0.15, 0.2) is 28.7 Å². The van der Waals surface area contributed by atoms with Gasteiger partial charge in [0.1, 0.15) is 0 Å². The van der Waals surface area contributed by atoms with Crippen LogP contribution in [0.2, 0.25) is 0 Å². The summed E-state index contributed by atoms with van der Waals surface area (Å²) in [5.41, 5.74) is 1.32. The van der Waals surface area contributed by atoms with Gasteiger partial charge in [0.25, 0.3) is 0 Å². The molecule has 3 nitrogen and oxygen atoms in total. The first-order valence-electron chi connectivity index (χ1n) is 6.30. The highest BCUT2D eigenvalue weighted by molar-refractivity contribution is 9.10. The van der Waals surface area contributed by atoms with Crippen molar-refractivity contribution in [2.45, 2.75) is 30.4 Å². The second kappa shape index (κ2) is 6.66. The fourth-order valence-electron chi connectivity index (χ4n) is 2.27. The number of nitrogens with zero attached hydrogens (tertiary/aromatic N) is 1. The fourth-order valence-corrected chi connectivity index (χ4v) is 3.83. The summed E-state index contributed by atoms with van der Waals surface area (Å²) in [6, 6.07) is 8.66. The molecule has 1 heterocycles. The number of ether oxygens (including phenoxy) is 1. The van der Waals surface area contributed by atoms with E-state index in [4.69, 9.17) is 4.74 Å². The fraction of sp³-hybridized carbons (Fsp3) is 0.500. The molecule has 0 aliphatic carbocycles. The maximum Gasteiger partial charge on any atom is 0.409 e. The average molecular weight is 344 g/mol. The third kappa shape index (κ3) is 3.89. The van der Waals surface area contributed by atoms with Crippen molar-refractivity contribution in [3.05, 3.63) is 34.3 Å². The summed E-state index contributed by atoms with van der Waals surface area (Å²) in [6.07, 6.45) is 0.829. The van der Waals surface area contributed by atoms with Crippen LogP contribution in [0.5, 0.6) is 0 Å². The summed E-state index contributed by atoms with van der Waals surface area (Å²) in [6.45, 7) is 2.87. The van der Waals surface area contributed by atoms with E-state index in [1.807, 2.05) is 16.7 Å². The normalized spacial score (nSPS) is 22.6. The van der Waals surface area contributed by atoms with E-state index >= 15 is 0 Å². The van der Waals surface area contributed by atoms with Crippen molar-refractivity contribution in [2.24, 2.45) is 0 Å². The Balaban J connectivity index is 1.84. The van der Waals surface area contributed by atoms with Gasteiger partial charge in [0.05, 0.1) is 7.11 Å². The predicted octanol–water partition coefficient (Wildman–Crippen LogP) is 3.91. The zero-order valence-electron chi connectivity index (χ0n) is 11.1. The molecule has 2 atom stereocenters. The summed E-state index contributed by atoms with van der Waals surface area (Å²) in [5.74, 6) is 0.986. The number of benzene rings is 1. The van der Waals surface area contributed by atoms with Crippen LogP contribution < -0.4 is 0 Å². The molecule has 0 radical (unpaired) electrons. The molecule has 104 valence electrons. The molecule has 1 amide bonds. The molecule has 0 bridgehead atoms. The van der Waals surface area contributed by atoms with E-state index in [-0.39, 0.29) is 12.1 Å². The smallest absolute Gasteiger partial charge is 0.409 e. The molecule has 0 aromatic heterocycles. The maximum absolute atomic E-state index is 11.6. The molecule has 1 saturated heterocycles. The Morgan fingerprint density at radius 1 is 1.47 bits per heavy atom. The molecular formula is C14H18BrNO2S. The van der Waals surface area contributed by atoms with Gasteiger partial charge in [-0.15, -0.1) is 0 Å². The predicted molar refractivity (Wildman–Crippen MR) is 82.4 cm³/mol. The second-order valence-corrected chi connectivity index (χ2v) is 6.97. The molecule has 2 rings (SSSR count). The van der Waals surface area contributed by atoms with Crippen LogP contribution >= 0.6 is 27.7 Å². The largest absolute Gasteiger partial charge is 0.453 e. The van der Waals surface area contributed by atoms with E-state index in [1.165, 1.54) is 12.7 Å². The van der Waals surface area contributed by atoms with Gasteiger partial charge in [-0.25, -0.2) is 4.79 Å². The molecule has 19 heavy (non-hydrogen) atoms. The van der Waals surface area contributed by atoms with Gasteiger partial charge < -0.3 is 9.64 Å². The van der Waals surface area contributed by atoms with Crippen molar-refractivity contribution < 1.29 is 9.53 Å². The minimum absolute atomic E-state index is 0.209. The van der Waals surface area contributed by atoms with Gasteiger partial charge in [0.15, 0.2) is 0 Å². The first-order valence-corrected chi connectivity index (χ1v) is 8.15.